The van der Waals surface area contributed by atoms with E-state index in [4.69, 9.17) is 5.73 Å². The van der Waals surface area contributed by atoms with Crippen molar-refractivity contribution in [1.82, 2.24) is 4.31 Å². The van der Waals surface area contributed by atoms with E-state index in [1.807, 2.05) is 26.0 Å². The van der Waals surface area contributed by atoms with Crippen molar-refractivity contribution in [1.29, 1.82) is 0 Å². The molecule has 1 aliphatic heterocycles. The van der Waals surface area contributed by atoms with Gasteiger partial charge in [-0.2, -0.15) is 4.31 Å². The van der Waals surface area contributed by atoms with E-state index < -0.39 is 10.0 Å². The number of hydrogen-bond acceptors (Lipinski definition) is 3. The van der Waals surface area contributed by atoms with Crippen LogP contribution < -0.4 is 5.73 Å². The SMILES string of the molecule is Cc1ccccc1S(=O)(=O)N1CCCC(C(C)N)C1. The molecule has 5 heteroatoms. The minimum absolute atomic E-state index is 0.0369. The molecule has 106 valence electrons. The summed E-state index contributed by atoms with van der Waals surface area (Å²) < 4.78 is 26.9. The molecule has 2 unspecified atom stereocenters. The summed E-state index contributed by atoms with van der Waals surface area (Å²) in [6.45, 7) is 4.92. The summed E-state index contributed by atoms with van der Waals surface area (Å²) in [5.41, 5.74) is 6.72. The van der Waals surface area contributed by atoms with E-state index >= 15 is 0 Å². The van der Waals surface area contributed by atoms with Crippen LogP contribution in [0.15, 0.2) is 29.2 Å². The van der Waals surface area contributed by atoms with Gasteiger partial charge in [-0.25, -0.2) is 8.42 Å². The number of rotatable bonds is 3. The molecule has 1 saturated heterocycles. The number of piperidine rings is 1. The maximum absolute atomic E-state index is 12.7. The summed E-state index contributed by atoms with van der Waals surface area (Å²) in [5, 5.41) is 0. The Labute approximate surface area is 115 Å². The molecule has 1 aromatic rings. The highest BCUT2D eigenvalue weighted by Crippen LogP contribution is 2.26. The van der Waals surface area contributed by atoms with Crippen LogP contribution in [0.2, 0.25) is 0 Å². The first-order valence-corrected chi connectivity index (χ1v) is 8.18. The maximum Gasteiger partial charge on any atom is 0.243 e. The Morgan fingerprint density at radius 3 is 2.68 bits per heavy atom. The quantitative estimate of drug-likeness (QED) is 0.918. The summed E-state index contributed by atoms with van der Waals surface area (Å²) in [4.78, 5) is 0.417. The number of nitrogens with zero attached hydrogens (tertiary/aromatic N) is 1. The van der Waals surface area contributed by atoms with E-state index in [9.17, 15) is 8.42 Å². The van der Waals surface area contributed by atoms with Gasteiger partial charge in [-0.15, -0.1) is 0 Å². The predicted molar refractivity (Wildman–Crippen MR) is 76.3 cm³/mol. The number of nitrogens with two attached hydrogens (primary N) is 1. The Hall–Kier alpha value is -0.910. The Morgan fingerprint density at radius 2 is 2.05 bits per heavy atom. The van der Waals surface area contributed by atoms with Crippen LogP contribution in [-0.4, -0.2) is 31.9 Å². The molecule has 1 aliphatic rings. The average molecular weight is 282 g/mol. The van der Waals surface area contributed by atoms with Gasteiger partial charge in [-0.05, 0) is 44.2 Å². The number of hydrogen-bond donors (Lipinski definition) is 1. The van der Waals surface area contributed by atoms with E-state index in [-0.39, 0.29) is 12.0 Å². The van der Waals surface area contributed by atoms with Crippen LogP contribution in [0, 0.1) is 12.8 Å². The molecular formula is C14H22N2O2S. The molecule has 4 nitrogen and oxygen atoms in total. The molecule has 1 aromatic carbocycles. The van der Waals surface area contributed by atoms with Crippen LogP contribution in [0.25, 0.3) is 0 Å². The number of benzene rings is 1. The van der Waals surface area contributed by atoms with Crippen LogP contribution in [0.3, 0.4) is 0 Å². The van der Waals surface area contributed by atoms with Gasteiger partial charge in [0, 0.05) is 19.1 Å². The van der Waals surface area contributed by atoms with Gasteiger partial charge in [0.05, 0.1) is 4.90 Å². The van der Waals surface area contributed by atoms with Crippen molar-refractivity contribution < 1.29 is 8.42 Å². The maximum atomic E-state index is 12.7. The van der Waals surface area contributed by atoms with E-state index in [2.05, 4.69) is 0 Å². The van der Waals surface area contributed by atoms with E-state index in [1.54, 1.807) is 16.4 Å². The van der Waals surface area contributed by atoms with Gasteiger partial charge < -0.3 is 5.73 Å². The van der Waals surface area contributed by atoms with Crippen molar-refractivity contribution in [3.63, 3.8) is 0 Å². The molecule has 0 aromatic heterocycles. The summed E-state index contributed by atoms with van der Waals surface area (Å²) in [7, 11) is -3.38. The van der Waals surface area contributed by atoms with Crippen molar-refractivity contribution in [3.8, 4) is 0 Å². The van der Waals surface area contributed by atoms with Gasteiger partial charge in [-0.1, -0.05) is 18.2 Å². The molecule has 2 rings (SSSR count). The minimum atomic E-state index is -3.38. The number of aryl methyl sites for hydroxylation is 1. The highest BCUT2D eigenvalue weighted by atomic mass is 32.2. The van der Waals surface area contributed by atoms with Crippen molar-refractivity contribution in [3.05, 3.63) is 29.8 Å². The van der Waals surface area contributed by atoms with E-state index in [1.165, 1.54) is 0 Å². The van der Waals surface area contributed by atoms with Crippen LogP contribution in [0.1, 0.15) is 25.3 Å². The fraction of sp³-hybridized carbons (Fsp3) is 0.571. The van der Waals surface area contributed by atoms with Crippen molar-refractivity contribution in [2.75, 3.05) is 13.1 Å². The third-order valence-corrected chi connectivity index (χ3v) is 5.90. The fourth-order valence-electron chi connectivity index (χ4n) is 2.61. The van der Waals surface area contributed by atoms with Gasteiger partial charge >= 0.3 is 0 Å². The van der Waals surface area contributed by atoms with Crippen LogP contribution >= 0.6 is 0 Å². The highest BCUT2D eigenvalue weighted by molar-refractivity contribution is 7.89. The van der Waals surface area contributed by atoms with Crippen molar-refractivity contribution in [2.45, 2.75) is 37.6 Å². The molecular weight excluding hydrogens is 260 g/mol. The van der Waals surface area contributed by atoms with Gasteiger partial charge in [-0.3, -0.25) is 0 Å². The lowest BCUT2D eigenvalue weighted by Gasteiger charge is -2.34. The van der Waals surface area contributed by atoms with Gasteiger partial charge in [0.2, 0.25) is 10.0 Å². The third kappa shape index (κ3) is 2.99. The van der Waals surface area contributed by atoms with E-state index in [0.29, 0.717) is 18.0 Å². The molecule has 19 heavy (non-hydrogen) atoms. The zero-order chi connectivity index (χ0) is 14.0. The highest BCUT2D eigenvalue weighted by Gasteiger charge is 2.32. The summed E-state index contributed by atoms with van der Waals surface area (Å²) in [6.07, 6.45) is 1.90. The lowest BCUT2D eigenvalue weighted by atomic mass is 9.93. The first-order valence-electron chi connectivity index (χ1n) is 6.74. The fourth-order valence-corrected chi connectivity index (χ4v) is 4.37. The summed E-state index contributed by atoms with van der Waals surface area (Å²) in [5.74, 6) is 0.257. The molecule has 1 fully saturated rings. The van der Waals surface area contributed by atoms with Gasteiger partial charge in [0.15, 0.2) is 0 Å². The molecule has 0 spiro atoms. The topological polar surface area (TPSA) is 63.4 Å². The minimum Gasteiger partial charge on any atom is -0.328 e. The molecule has 2 atom stereocenters. The predicted octanol–water partition coefficient (Wildman–Crippen LogP) is 1.74. The van der Waals surface area contributed by atoms with Crippen LogP contribution in [-0.2, 0) is 10.0 Å². The van der Waals surface area contributed by atoms with Crippen LogP contribution in [0.5, 0.6) is 0 Å². The molecule has 1 heterocycles. The number of sulfonamides is 1. The molecule has 0 bridgehead atoms. The van der Waals surface area contributed by atoms with Crippen LogP contribution in [0.4, 0.5) is 0 Å². The molecule has 0 radical (unpaired) electrons. The largest absolute Gasteiger partial charge is 0.328 e. The smallest absolute Gasteiger partial charge is 0.243 e. The Morgan fingerprint density at radius 1 is 1.37 bits per heavy atom. The summed E-state index contributed by atoms with van der Waals surface area (Å²) >= 11 is 0. The van der Waals surface area contributed by atoms with Crippen molar-refractivity contribution in [2.24, 2.45) is 11.7 Å². The monoisotopic (exact) mass is 282 g/mol. The molecule has 0 aliphatic carbocycles. The standard InChI is InChI=1S/C14H22N2O2S/c1-11-6-3-4-8-14(11)19(17,18)16-9-5-7-13(10-16)12(2)15/h3-4,6,8,12-13H,5,7,9-10,15H2,1-2H3. The molecule has 2 N–H and O–H groups in total. The third-order valence-electron chi connectivity index (χ3n) is 3.88. The second-order valence-corrected chi connectivity index (χ2v) is 7.30. The second-order valence-electron chi connectivity index (χ2n) is 5.39. The average Bonchev–Trinajstić information content (AvgIpc) is 2.39. The molecule has 0 saturated carbocycles. The lowest BCUT2D eigenvalue weighted by molar-refractivity contribution is 0.243. The van der Waals surface area contributed by atoms with Gasteiger partial charge in [0.25, 0.3) is 0 Å². The second kappa shape index (κ2) is 5.61. The van der Waals surface area contributed by atoms with E-state index in [0.717, 1.165) is 18.4 Å². The Balaban J connectivity index is 2.28. The Kier molecular flexibility index (Phi) is 4.28. The lowest BCUT2D eigenvalue weighted by Crippen LogP contribution is -2.45. The first kappa shape index (κ1) is 14.5. The Bertz CT molecular complexity index is 540. The first-order chi connectivity index (χ1) is 8.93. The summed E-state index contributed by atoms with van der Waals surface area (Å²) in [6, 6.07) is 7.18. The zero-order valence-corrected chi connectivity index (χ0v) is 12.4. The van der Waals surface area contributed by atoms with Crippen molar-refractivity contribution >= 4 is 10.0 Å². The van der Waals surface area contributed by atoms with Gasteiger partial charge in [0.1, 0.15) is 0 Å². The normalized spacial score (nSPS) is 23.2. The molecule has 0 amide bonds. The zero-order valence-electron chi connectivity index (χ0n) is 11.5.